The van der Waals surface area contributed by atoms with E-state index in [9.17, 15) is 18.0 Å². The zero-order valence-corrected chi connectivity index (χ0v) is 13.9. The number of carbonyl (C=O) groups excluding carboxylic acids is 1. The number of carbonyl (C=O) groups is 1. The van der Waals surface area contributed by atoms with Crippen molar-refractivity contribution in [2.24, 2.45) is 0 Å². The van der Waals surface area contributed by atoms with Gasteiger partial charge >= 0.3 is 6.18 Å². The maximum absolute atomic E-state index is 12.9. The Hall–Kier alpha value is -1.73. The molecule has 0 atom stereocenters. The van der Waals surface area contributed by atoms with Crippen molar-refractivity contribution < 1.29 is 18.0 Å². The molecule has 0 aliphatic heterocycles. The van der Waals surface area contributed by atoms with Gasteiger partial charge in [0.25, 0.3) is 0 Å². The molecule has 2 rings (SSSR count). The van der Waals surface area contributed by atoms with Crippen LogP contribution in [0.4, 0.5) is 24.5 Å². The minimum absolute atomic E-state index is 0.0525. The van der Waals surface area contributed by atoms with Crippen molar-refractivity contribution in [3.63, 3.8) is 0 Å². The fraction of sp³-hybridized carbons (Fsp3) is 0.133. The van der Waals surface area contributed by atoms with Crippen molar-refractivity contribution in [1.82, 2.24) is 0 Å². The summed E-state index contributed by atoms with van der Waals surface area (Å²) in [5.74, 6) is -0.597. The molecule has 0 saturated heterocycles. The van der Waals surface area contributed by atoms with Crippen molar-refractivity contribution in [3.05, 3.63) is 57.5 Å². The lowest BCUT2D eigenvalue weighted by Gasteiger charge is -2.14. The van der Waals surface area contributed by atoms with Gasteiger partial charge in [-0.2, -0.15) is 13.2 Å². The lowest BCUT2D eigenvalue weighted by atomic mass is 10.1. The average molecular weight is 408 g/mol. The number of rotatable bonds is 4. The highest BCUT2D eigenvalue weighted by Gasteiger charge is 2.34. The fourth-order valence-corrected chi connectivity index (χ4v) is 2.24. The summed E-state index contributed by atoms with van der Waals surface area (Å²) < 4.78 is 39.7. The van der Waals surface area contributed by atoms with E-state index < -0.39 is 17.6 Å². The van der Waals surface area contributed by atoms with Gasteiger partial charge in [0.15, 0.2) is 0 Å². The Labute approximate surface area is 144 Å². The van der Waals surface area contributed by atoms with Crippen LogP contribution in [-0.2, 0) is 11.0 Å². The molecule has 1 amide bonds. The smallest absolute Gasteiger partial charge is 0.376 e. The van der Waals surface area contributed by atoms with Crippen LogP contribution in [0.2, 0.25) is 5.02 Å². The summed E-state index contributed by atoms with van der Waals surface area (Å²) in [6.07, 6.45) is -4.60. The average Bonchev–Trinajstić information content (AvgIpc) is 2.47. The maximum atomic E-state index is 12.9. The Morgan fingerprint density at radius 3 is 2.39 bits per heavy atom. The molecule has 2 N–H and O–H groups in total. The minimum atomic E-state index is -4.60. The molecule has 3 nitrogen and oxygen atoms in total. The lowest BCUT2D eigenvalue weighted by molar-refractivity contribution is -0.137. The Bertz CT molecular complexity index is 705. The number of hydrogen-bond donors (Lipinski definition) is 2. The number of hydrogen-bond acceptors (Lipinski definition) is 2. The van der Waals surface area contributed by atoms with Crippen molar-refractivity contribution >= 4 is 44.8 Å². The minimum Gasteiger partial charge on any atom is -0.376 e. The van der Waals surface area contributed by atoms with Crippen molar-refractivity contribution in [2.45, 2.75) is 6.18 Å². The topological polar surface area (TPSA) is 41.1 Å². The second-order valence-electron chi connectivity index (χ2n) is 4.60. The Kier molecular flexibility index (Phi) is 5.54. The van der Waals surface area contributed by atoms with Gasteiger partial charge in [0.05, 0.1) is 17.8 Å². The van der Waals surface area contributed by atoms with E-state index in [1.165, 1.54) is 6.07 Å². The van der Waals surface area contributed by atoms with Gasteiger partial charge in [0.1, 0.15) is 0 Å². The van der Waals surface area contributed by atoms with Gasteiger partial charge in [-0.1, -0.05) is 27.5 Å². The molecule has 0 aliphatic carbocycles. The fourth-order valence-electron chi connectivity index (χ4n) is 1.80. The zero-order chi connectivity index (χ0) is 17.0. The van der Waals surface area contributed by atoms with E-state index in [1.54, 1.807) is 24.3 Å². The first-order valence-electron chi connectivity index (χ1n) is 6.42. The third-order valence-corrected chi connectivity index (χ3v) is 3.62. The van der Waals surface area contributed by atoms with Gasteiger partial charge in [-0.15, -0.1) is 0 Å². The summed E-state index contributed by atoms with van der Waals surface area (Å²) in [6, 6.07) is 10.2. The molecule has 0 aromatic heterocycles. The summed E-state index contributed by atoms with van der Waals surface area (Å²) in [5, 5.41) is 5.01. The van der Waals surface area contributed by atoms with Crippen LogP contribution in [0.3, 0.4) is 0 Å². The molecular weight excluding hydrogens is 397 g/mol. The predicted octanol–water partition coefficient (Wildman–Crippen LogP) is 5.17. The van der Waals surface area contributed by atoms with E-state index >= 15 is 0 Å². The lowest BCUT2D eigenvalue weighted by Crippen LogP contribution is -2.23. The Morgan fingerprint density at radius 1 is 1.13 bits per heavy atom. The third-order valence-electron chi connectivity index (χ3n) is 2.86. The summed E-state index contributed by atoms with van der Waals surface area (Å²) in [6.45, 7) is -0.165. The molecule has 0 saturated carbocycles. The molecule has 0 unspecified atom stereocenters. The van der Waals surface area contributed by atoms with Crippen LogP contribution >= 0.6 is 27.5 Å². The van der Waals surface area contributed by atoms with Gasteiger partial charge in [-0.3, -0.25) is 4.79 Å². The second-order valence-corrected chi connectivity index (χ2v) is 5.95. The van der Waals surface area contributed by atoms with Crippen LogP contribution in [0, 0.1) is 0 Å². The van der Waals surface area contributed by atoms with E-state index in [2.05, 4.69) is 26.6 Å². The SMILES string of the molecule is O=C(CNc1ccc(Br)cc1)Nc1ccc(Cl)cc1C(F)(F)F. The normalized spacial score (nSPS) is 11.2. The van der Waals surface area contributed by atoms with Crippen LogP contribution in [0.5, 0.6) is 0 Å². The van der Waals surface area contributed by atoms with Crippen LogP contribution in [0.15, 0.2) is 46.9 Å². The quantitative estimate of drug-likeness (QED) is 0.734. The van der Waals surface area contributed by atoms with E-state index in [0.29, 0.717) is 5.69 Å². The highest BCUT2D eigenvalue weighted by atomic mass is 79.9. The van der Waals surface area contributed by atoms with Gasteiger partial charge in [0.2, 0.25) is 5.91 Å². The molecule has 2 aromatic rings. The molecule has 0 bridgehead atoms. The Morgan fingerprint density at radius 2 is 1.78 bits per heavy atom. The molecule has 0 aliphatic rings. The number of anilines is 2. The summed E-state index contributed by atoms with van der Waals surface area (Å²) >= 11 is 8.86. The molecule has 2 aromatic carbocycles. The predicted molar refractivity (Wildman–Crippen MR) is 87.7 cm³/mol. The third kappa shape index (κ3) is 5.14. The largest absolute Gasteiger partial charge is 0.418 e. The van der Waals surface area contributed by atoms with E-state index in [1.807, 2.05) is 0 Å². The molecule has 0 spiro atoms. The first kappa shape index (κ1) is 17.6. The van der Waals surface area contributed by atoms with Crippen LogP contribution in [-0.4, -0.2) is 12.5 Å². The van der Waals surface area contributed by atoms with Crippen molar-refractivity contribution in [1.29, 1.82) is 0 Å². The van der Waals surface area contributed by atoms with Gasteiger partial charge in [-0.05, 0) is 42.5 Å². The van der Waals surface area contributed by atoms with Crippen LogP contribution < -0.4 is 10.6 Å². The van der Waals surface area contributed by atoms with Crippen LogP contribution in [0.25, 0.3) is 0 Å². The Balaban J connectivity index is 2.04. The van der Waals surface area contributed by atoms with Crippen LogP contribution in [0.1, 0.15) is 5.56 Å². The second kappa shape index (κ2) is 7.23. The number of benzene rings is 2. The molecule has 0 fully saturated rings. The summed E-state index contributed by atoms with van der Waals surface area (Å²) in [5.41, 5.74) is -0.637. The molecule has 0 heterocycles. The number of halogens is 5. The van der Waals surface area contributed by atoms with Gasteiger partial charge in [0, 0.05) is 15.2 Å². The first-order valence-corrected chi connectivity index (χ1v) is 7.59. The highest BCUT2D eigenvalue weighted by molar-refractivity contribution is 9.10. The first-order chi connectivity index (χ1) is 10.8. The van der Waals surface area contributed by atoms with E-state index in [0.717, 1.165) is 16.6 Å². The molecule has 0 radical (unpaired) electrons. The van der Waals surface area contributed by atoms with Gasteiger partial charge < -0.3 is 10.6 Å². The monoisotopic (exact) mass is 406 g/mol. The van der Waals surface area contributed by atoms with Crippen molar-refractivity contribution in [2.75, 3.05) is 17.2 Å². The number of amides is 1. The van der Waals surface area contributed by atoms with E-state index in [-0.39, 0.29) is 17.3 Å². The van der Waals surface area contributed by atoms with Gasteiger partial charge in [-0.25, -0.2) is 0 Å². The molecule has 8 heteroatoms. The van der Waals surface area contributed by atoms with Crippen molar-refractivity contribution in [3.8, 4) is 0 Å². The summed E-state index contributed by atoms with van der Waals surface area (Å²) in [7, 11) is 0. The number of nitrogens with one attached hydrogen (secondary N) is 2. The summed E-state index contributed by atoms with van der Waals surface area (Å²) in [4.78, 5) is 11.8. The maximum Gasteiger partial charge on any atom is 0.418 e. The standard InChI is InChI=1S/C15H11BrClF3N2O/c16-9-1-4-11(5-2-9)21-8-14(23)22-13-6-3-10(17)7-12(13)15(18,19)20/h1-7,21H,8H2,(H,22,23). The molecule has 122 valence electrons. The molecular formula is C15H11BrClF3N2O. The van der Waals surface area contributed by atoms with E-state index in [4.69, 9.17) is 11.6 Å². The highest BCUT2D eigenvalue weighted by Crippen LogP contribution is 2.36. The zero-order valence-electron chi connectivity index (χ0n) is 11.5. The number of alkyl halides is 3. The molecule has 23 heavy (non-hydrogen) atoms.